The van der Waals surface area contributed by atoms with Crippen LogP contribution in [0.4, 0.5) is 4.79 Å². The van der Waals surface area contributed by atoms with Crippen LogP contribution >= 0.6 is 11.6 Å². The van der Waals surface area contributed by atoms with Crippen molar-refractivity contribution in [3.63, 3.8) is 0 Å². The Bertz CT molecular complexity index is 1590. The van der Waals surface area contributed by atoms with Crippen molar-refractivity contribution in [1.29, 1.82) is 0 Å². The summed E-state index contributed by atoms with van der Waals surface area (Å²) in [6, 6.07) is 4.15. The third-order valence-electron chi connectivity index (χ3n) is 7.74. The Morgan fingerprint density at radius 1 is 1.21 bits per heavy atom. The van der Waals surface area contributed by atoms with E-state index in [4.69, 9.17) is 25.8 Å². The Kier molecular flexibility index (Phi) is 8.01. The maximum absolute atomic E-state index is 13.8. The lowest BCUT2D eigenvalue weighted by atomic mass is 10.1. The first kappa shape index (κ1) is 30.9. The third kappa shape index (κ3) is 6.37. The van der Waals surface area contributed by atoms with Gasteiger partial charge in [-0.05, 0) is 63.6 Å². The van der Waals surface area contributed by atoms with E-state index in [-0.39, 0.29) is 24.5 Å². The zero-order chi connectivity index (χ0) is 31.3. The van der Waals surface area contributed by atoms with Crippen LogP contribution in [0, 0.1) is 5.92 Å². The summed E-state index contributed by atoms with van der Waals surface area (Å²) in [4.78, 5) is 45.6. The van der Waals surface area contributed by atoms with Crippen LogP contribution in [-0.4, -0.2) is 78.4 Å². The molecule has 232 valence electrons. The number of ether oxygens (including phenoxy) is 3. The molecule has 2 aliphatic carbocycles. The Labute approximate surface area is 255 Å². The first-order chi connectivity index (χ1) is 20.2. The van der Waals surface area contributed by atoms with Gasteiger partial charge in [-0.25, -0.2) is 18.2 Å². The molecule has 0 bridgehead atoms. The fraction of sp³-hybridized carbons (Fsp3) is 0.517. The molecule has 2 heterocycles. The number of pyridine rings is 1. The van der Waals surface area contributed by atoms with Crippen LogP contribution in [0.1, 0.15) is 46.5 Å². The van der Waals surface area contributed by atoms with Crippen molar-refractivity contribution < 1.29 is 37.0 Å². The number of nitrogens with one attached hydrogen (secondary N) is 2. The van der Waals surface area contributed by atoms with Gasteiger partial charge in [-0.1, -0.05) is 17.7 Å². The van der Waals surface area contributed by atoms with Gasteiger partial charge in [-0.3, -0.25) is 19.2 Å². The number of nitrogens with zero attached hydrogens (tertiary/aromatic N) is 2. The Balaban J connectivity index is 1.39. The second-order valence-corrected chi connectivity index (χ2v) is 14.5. The maximum atomic E-state index is 13.8. The normalized spacial score (nSPS) is 25.1. The molecule has 12 nitrogen and oxygen atoms in total. The molecule has 0 spiro atoms. The molecule has 2 saturated carbocycles. The highest BCUT2D eigenvalue weighted by molar-refractivity contribution is 7.91. The number of methoxy groups -OCH3 is 1. The number of likely N-dealkylation sites (tertiary alicyclic amines) is 1. The van der Waals surface area contributed by atoms with Crippen LogP contribution in [0.3, 0.4) is 0 Å². The van der Waals surface area contributed by atoms with E-state index in [0.29, 0.717) is 29.7 Å². The molecule has 3 amide bonds. The number of benzene rings is 1. The number of halogens is 1. The van der Waals surface area contributed by atoms with E-state index < -0.39 is 62.4 Å². The highest BCUT2D eigenvalue weighted by atomic mass is 35.5. The van der Waals surface area contributed by atoms with Crippen molar-refractivity contribution in [2.45, 2.75) is 75.0 Å². The zero-order valence-corrected chi connectivity index (χ0v) is 26.0. The highest BCUT2D eigenvalue weighted by Gasteiger charge is 2.62. The van der Waals surface area contributed by atoms with E-state index in [2.05, 4.69) is 21.6 Å². The molecule has 1 aliphatic heterocycles. The monoisotopic (exact) mass is 634 g/mol. The van der Waals surface area contributed by atoms with Crippen molar-refractivity contribution in [1.82, 2.24) is 19.9 Å². The molecule has 1 aromatic heterocycles. The van der Waals surface area contributed by atoms with Gasteiger partial charge in [0.15, 0.2) is 11.5 Å². The molecular weight excluding hydrogens is 600 g/mol. The lowest BCUT2D eigenvalue weighted by molar-refractivity contribution is -0.131. The zero-order valence-electron chi connectivity index (χ0n) is 24.4. The molecular formula is C29H35ClN4O8S. The Hall–Kier alpha value is -3.58. The van der Waals surface area contributed by atoms with Crippen molar-refractivity contribution >= 4 is 50.3 Å². The summed E-state index contributed by atoms with van der Waals surface area (Å²) >= 11 is 6.30. The van der Waals surface area contributed by atoms with Gasteiger partial charge >= 0.3 is 6.09 Å². The minimum Gasteiger partial charge on any atom is -0.493 e. The van der Waals surface area contributed by atoms with Gasteiger partial charge in [0.2, 0.25) is 15.9 Å². The predicted octanol–water partition coefficient (Wildman–Crippen LogP) is 3.32. The average Bonchev–Trinajstić information content (AvgIpc) is 3.84. The van der Waals surface area contributed by atoms with Crippen molar-refractivity contribution in [2.75, 3.05) is 13.7 Å². The fourth-order valence-electron chi connectivity index (χ4n) is 5.25. The molecule has 43 heavy (non-hydrogen) atoms. The van der Waals surface area contributed by atoms with E-state index in [9.17, 15) is 22.8 Å². The topological polar surface area (TPSA) is 153 Å². The number of rotatable bonds is 9. The van der Waals surface area contributed by atoms with E-state index >= 15 is 0 Å². The lowest BCUT2D eigenvalue weighted by Gasteiger charge is -2.29. The molecule has 3 aliphatic rings. The maximum Gasteiger partial charge on any atom is 0.411 e. The summed E-state index contributed by atoms with van der Waals surface area (Å²) < 4.78 is 44.5. The number of hydrogen-bond donors (Lipinski definition) is 2. The fourth-order valence-corrected chi connectivity index (χ4v) is 6.83. The molecule has 14 heteroatoms. The van der Waals surface area contributed by atoms with E-state index in [0.717, 1.165) is 5.39 Å². The van der Waals surface area contributed by atoms with Crippen LogP contribution in [0.15, 0.2) is 37.1 Å². The number of sulfonamides is 1. The molecule has 1 aromatic carbocycles. The SMILES string of the molecule is C=C[C@@H]1C[C@]1(NC(=O)[C@@H]1C[C@@H](Oc2cc3c(Cl)nccc3cc2OC)CN1C(=O)OC(C)(C)C)C(=O)NS(=O)(=O)C1CC1. The number of amides is 3. The molecule has 2 N–H and O–H groups in total. The van der Waals surface area contributed by atoms with Crippen molar-refractivity contribution in [3.8, 4) is 11.5 Å². The first-order valence-electron chi connectivity index (χ1n) is 14.0. The second-order valence-electron chi connectivity index (χ2n) is 12.1. The van der Waals surface area contributed by atoms with Crippen molar-refractivity contribution in [2.24, 2.45) is 5.92 Å². The Morgan fingerprint density at radius 3 is 2.53 bits per heavy atom. The second kappa shape index (κ2) is 11.2. The minimum absolute atomic E-state index is 0.00486. The van der Waals surface area contributed by atoms with Gasteiger partial charge in [-0.2, -0.15) is 0 Å². The predicted molar refractivity (Wildman–Crippen MR) is 158 cm³/mol. The van der Waals surface area contributed by atoms with Gasteiger partial charge < -0.3 is 19.5 Å². The van der Waals surface area contributed by atoms with E-state index in [1.807, 2.05) is 0 Å². The smallest absolute Gasteiger partial charge is 0.411 e. The summed E-state index contributed by atoms with van der Waals surface area (Å²) in [5, 5.41) is 3.82. The lowest BCUT2D eigenvalue weighted by Crippen LogP contribution is -2.56. The molecule has 4 atom stereocenters. The standard InChI is InChI=1S/C29H35ClN4O8S/c1-6-17-14-29(17,26(36)33-43(38,39)19-7-8-19)32-25(35)21-12-18(15-34(21)27(37)42-28(2,3)4)41-23-13-20-16(11-22(23)40-5)9-10-31-24(20)30/h6,9-11,13,17-19,21H,1,7-8,12,14-15H2,2-5H3,(H,32,35)(H,33,36)/t17-,18-,21+,29-/m1/s1. The summed E-state index contributed by atoms with van der Waals surface area (Å²) in [6.07, 6.45) is 2.87. The van der Waals surface area contributed by atoms with Gasteiger partial charge in [0.05, 0.1) is 18.9 Å². The summed E-state index contributed by atoms with van der Waals surface area (Å²) in [5.74, 6) is -1.17. The van der Waals surface area contributed by atoms with Gasteiger partial charge in [-0.15, -0.1) is 6.58 Å². The number of carbonyl (C=O) groups is 3. The van der Waals surface area contributed by atoms with Crippen LogP contribution in [0.2, 0.25) is 5.15 Å². The molecule has 0 unspecified atom stereocenters. The van der Waals surface area contributed by atoms with E-state index in [1.54, 1.807) is 45.2 Å². The van der Waals surface area contributed by atoms with Gasteiger partial charge in [0, 0.05) is 23.9 Å². The largest absolute Gasteiger partial charge is 0.493 e. The molecule has 0 radical (unpaired) electrons. The third-order valence-corrected chi connectivity index (χ3v) is 9.86. The van der Waals surface area contributed by atoms with Gasteiger partial charge in [0.1, 0.15) is 28.4 Å². The quantitative estimate of drug-likeness (QED) is 0.312. The molecule has 5 rings (SSSR count). The van der Waals surface area contributed by atoms with Crippen molar-refractivity contribution in [3.05, 3.63) is 42.2 Å². The summed E-state index contributed by atoms with van der Waals surface area (Å²) in [5.41, 5.74) is -2.34. The highest BCUT2D eigenvalue weighted by Crippen LogP contribution is 2.45. The van der Waals surface area contributed by atoms with E-state index in [1.165, 1.54) is 18.1 Å². The number of carbonyl (C=O) groups excluding carboxylic acids is 3. The minimum atomic E-state index is -3.84. The molecule has 2 aromatic rings. The van der Waals surface area contributed by atoms with Gasteiger partial charge in [0.25, 0.3) is 5.91 Å². The summed E-state index contributed by atoms with van der Waals surface area (Å²) in [7, 11) is -2.35. The first-order valence-corrected chi connectivity index (χ1v) is 15.9. The number of aromatic nitrogens is 1. The number of hydrogen-bond acceptors (Lipinski definition) is 9. The van der Waals surface area contributed by atoms with Crippen LogP contribution in [-0.2, 0) is 24.3 Å². The van der Waals surface area contributed by atoms with Crippen LogP contribution < -0.4 is 19.5 Å². The Morgan fingerprint density at radius 2 is 1.93 bits per heavy atom. The van der Waals surface area contributed by atoms with Crippen LogP contribution in [0.25, 0.3) is 10.8 Å². The molecule has 1 saturated heterocycles. The van der Waals surface area contributed by atoms with Crippen LogP contribution in [0.5, 0.6) is 11.5 Å². The summed E-state index contributed by atoms with van der Waals surface area (Å²) in [6.45, 7) is 8.85. The molecule has 3 fully saturated rings. The number of fused-ring (bicyclic) bond motifs is 1. The average molecular weight is 635 g/mol.